The minimum absolute atomic E-state index is 0.220. The first kappa shape index (κ1) is 10.7. The molecule has 0 amide bonds. The van der Waals surface area contributed by atoms with Gasteiger partial charge in [0.25, 0.3) is 0 Å². The Morgan fingerprint density at radius 1 is 1.31 bits per heavy atom. The van der Waals surface area contributed by atoms with E-state index in [0.29, 0.717) is 5.75 Å². The van der Waals surface area contributed by atoms with Crippen LogP contribution in [-0.4, -0.2) is 24.0 Å². The number of thioether (sulfide) groups is 2. The van der Waals surface area contributed by atoms with E-state index in [1.807, 2.05) is 36.8 Å². The molecule has 0 atom stereocenters. The van der Waals surface area contributed by atoms with Crippen LogP contribution < -0.4 is 0 Å². The molecular formula is C10H12OS2. The lowest BCUT2D eigenvalue weighted by Gasteiger charge is -2.04. The Morgan fingerprint density at radius 3 is 2.62 bits per heavy atom. The molecule has 0 N–H and O–H groups in total. The van der Waals surface area contributed by atoms with Crippen LogP contribution in [0.5, 0.6) is 0 Å². The largest absolute Gasteiger partial charge is 0.293 e. The lowest BCUT2D eigenvalue weighted by Crippen LogP contribution is -2.03. The number of benzene rings is 1. The second-order valence-corrected chi connectivity index (χ2v) is 4.27. The van der Waals surface area contributed by atoms with Crippen LogP contribution in [0, 0.1) is 0 Å². The van der Waals surface area contributed by atoms with E-state index in [2.05, 4.69) is 0 Å². The standard InChI is InChI=1S/C10H12OS2/c1-12-7-9(11)8-5-3-4-6-10(8)13-2/h3-6H,7H2,1-2H3. The Morgan fingerprint density at radius 2 is 2.00 bits per heavy atom. The lowest BCUT2D eigenvalue weighted by atomic mass is 10.1. The van der Waals surface area contributed by atoms with Crippen LogP contribution in [0.4, 0.5) is 0 Å². The Bertz CT molecular complexity index is 297. The minimum atomic E-state index is 0.220. The van der Waals surface area contributed by atoms with Crippen LogP contribution in [-0.2, 0) is 0 Å². The van der Waals surface area contributed by atoms with Crippen molar-refractivity contribution in [1.82, 2.24) is 0 Å². The molecule has 1 rings (SSSR count). The maximum absolute atomic E-state index is 11.6. The van der Waals surface area contributed by atoms with Gasteiger partial charge in [-0.15, -0.1) is 11.8 Å². The van der Waals surface area contributed by atoms with E-state index in [0.717, 1.165) is 10.5 Å². The number of rotatable bonds is 4. The quantitative estimate of drug-likeness (QED) is 0.564. The molecule has 0 saturated heterocycles. The van der Waals surface area contributed by atoms with Crippen molar-refractivity contribution in [2.24, 2.45) is 0 Å². The highest BCUT2D eigenvalue weighted by atomic mass is 32.2. The topological polar surface area (TPSA) is 17.1 Å². The van der Waals surface area contributed by atoms with Crippen molar-refractivity contribution in [1.29, 1.82) is 0 Å². The zero-order valence-electron chi connectivity index (χ0n) is 7.74. The van der Waals surface area contributed by atoms with Gasteiger partial charge in [-0.25, -0.2) is 0 Å². The number of carbonyl (C=O) groups excluding carboxylic acids is 1. The maximum atomic E-state index is 11.6. The zero-order chi connectivity index (χ0) is 9.68. The normalized spacial score (nSPS) is 10.0. The summed E-state index contributed by atoms with van der Waals surface area (Å²) in [6.45, 7) is 0. The van der Waals surface area contributed by atoms with Crippen molar-refractivity contribution in [2.45, 2.75) is 4.90 Å². The third-order valence-corrected chi connectivity index (χ3v) is 3.03. The summed E-state index contributed by atoms with van der Waals surface area (Å²) in [5.74, 6) is 0.787. The second-order valence-electron chi connectivity index (χ2n) is 2.56. The van der Waals surface area contributed by atoms with Gasteiger partial charge >= 0.3 is 0 Å². The molecule has 0 unspecified atom stereocenters. The van der Waals surface area contributed by atoms with Crippen molar-refractivity contribution >= 4 is 29.3 Å². The summed E-state index contributed by atoms with van der Waals surface area (Å²) in [5.41, 5.74) is 0.851. The molecule has 3 heteroatoms. The molecule has 13 heavy (non-hydrogen) atoms. The van der Waals surface area contributed by atoms with Gasteiger partial charge in [0, 0.05) is 10.5 Å². The molecule has 0 saturated carbocycles. The summed E-state index contributed by atoms with van der Waals surface area (Å²) in [6.07, 6.45) is 3.94. The first-order chi connectivity index (χ1) is 6.29. The zero-order valence-corrected chi connectivity index (χ0v) is 9.37. The van der Waals surface area contributed by atoms with Gasteiger partial charge in [-0.2, -0.15) is 11.8 Å². The first-order valence-corrected chi connectivity index (χ1v) is 6.56. The smallest absolute Gasteiger partial charge is 0.173 e. The number of hydrogen-bond donors (Lipinski definition) is 0. The van der Waals surface area contributed by atoms with Crippen LogP contribution >= 0.6 is 23.5 Å². The van der Waals surface area contributed by atoms with Gasteiger partial charge in [0.15, 0.2) is 5.78 Å². The van der Waals surface area contributed by atoms with Crippen molar-refractivity contribution in [2.75, 3.05) is 18.3 Å². The number of ketones is 1. The SMILES string of the molecule is CSCC(=O)c1ccccc1SC. The van der Waals surface area contributed by atoms with Gasteiger partial charge in [-0.3, -0.25) is 4.79 Å². The summed E-state index contributed by atoms with van der Waals surface area (Å²) in [4.78, 5) is 12.7. The van der Waals surface area contributed by atoms with E-state index in [1.165, 1.54) is 0 Å². The van der Waals surface area contributed by atoms with Crippen LogP contribution in [0.3, 0.4) is 0 Å². The van der Waals surface area contributed by atoms with E-state index >= 15 is 0 Å². The van der Waals surface area contributed by atoms with Crippen molar-refractivity contribution in [3.8, 4) is 0 Å². The number of hydrogen-bond acceptors (Lipinski definition) is 3. The van der Waals surface area contributed by atoms with Crippen LogP contribution in [0.1, 0.15) is 10.4 Å². The molecule has 0 heterocycles. The predicted octanol–water partition coefficient (Wildman–Crippen LogP) is 2.95. The molecule has 0 aromatic heterocycles. The molecule has 0 bridgehead atoms. The van der Waals surface area contributed by atoms with Crippen LogP contribution in [0.25, 0.3) is 0 Å². The summed E-state index contributed by atoms with van der Waals surface area (Å²) >= 11 is 3.18. The van der Waals surface area contributed by atoms with Gasteiger partial charge < -0.3 is 0 Å². The highest BCUT2D eigenvalue weighted by molar-refractivity contribution is 7.99. The highest BCUT2D eigenvalue weighted by Crippen LogP contribution is 2.20. The van der Waals surface area contributed by atoms with Crippen molar-refractivity contribution in [3.05, 3.63) is 29.8 Å². The number of carbonyl (C=O) groups is 1. The predicted molar refractivity (Wildman–Crippen MR) is 60.9 cm³/mol. The molecule has 0 radical (unpaired) electrons. The molecular weight excluding hydrogens is 200 g/mol. The van der Waals surface area contributed by atoms with E-state index in [4.69, 9.17) is 0 Å². The van der Waals surface area contributed by atoms with Crippen molar-refractivity contribution in [3.63, 3.8) is 0 Å². The molecule has 70 valence electrons. The molecule has 1 aromatic rings. The van der Waals surface area contributed by atoms with Crippen LogP contribution in [0.2, 0.25) is 0 Å². The van der Waals surface area contributed by atoms with Gasteiger partial charge in [0.05, 0.1) is 5.75 Å². The summed E-state index contributed by atoms with van der Waals surface area (Å²) in [7, 11) is 0. The lowest BCUT2D eigenvalue weighted by molar-refractivity contribution is 0.102. The Kier molecular flexibility index (Phi) is 4.39. The molecule has 0 fully saturated rings. The summed E-state index contributed by atoms with van der Waals surface area (Å²) < 4.78 is 0. The van der Waals surface area contributed by atoms with E-state index in [-0.39, 0.29) is 5.78 Å². The van der Waals surface area contributed by atoms with E-state index in [9.17, 15) is 4.79 Å². The average Bonchev–Trinajstić information content (AvgIpc) is 2.18. The molecule has 0 aliphatic rings. The summed E-state index contributed by atoms with van der Waals surface area (Å²) in [6, 6.07) is 7.75. The second kappa shape index (κ2) is 5.35. The maximum Gasteiger partial charge on any atom is 0.173 e. The third-order valence-electron chi connectivity index (χ3n) is 1.68. The van der Waals surface area contributed by atoms with Gasteiger partial charge in [0.1, 0.15) is 0 Å². The van der Waals surface area contributed by atoms with E-state index in [1.54, 1.807) is 23.5 Å². The van der Waals surface area contributed by atoms with Gasteiger partial charge in [0.2, 0.25) is 0 Å². The number of Topliss-reactive ketones (excluding diaryl/α,β-unsaturated/α-hetero) is 1. The minimum Gasteiger partial charge on any atom is -0.293 e. The van der Waals surface area contributed by atoms with E-state index < -0.39 is 0 Å². The fourth-order valence-electron chi connectivity index (χ4n) is 1.08. The van der Waals surface area contributed by atoms with Gasteiger partial charge in [-0.05, 0) is 18.6 Å². The monoisotopic (exact) mass is 212 g/mol. The fraction of sp³-hybridized carbons (Fsp3) is 0.300. The Labute approximate surface area is 87.3 Å². The molecule has 1 nitrogen and oxygen atoms in total. The fourth-order valence-corrected chi connectivity index (χ4v) is 2.12. The van der Waals surface area contributed by atoms with Gasteiger partial charge in [-0.1, -0.05) is 18.2 Å². The summed E-state index contributed by atoms with van der Waals surface area (Å²) in [5, 5.41) is 0. The first-order valence-electron chi connectivity index (χ1n) is 3.94. The van der Waals surface area contributed by atoms with Crippen molar-refractivity contribution < 1.29 is 4.79 Å². The average molecular weight is 212 g/mol. The molecule has 0 spiro atoms. The molecule has 0 aliphatic carbocycles. The molecule has 0 aliphatic heterocycles. The molecule has 1 aromatic carbocycles. The Balaban J connectivity index is 2.92. The van der Waals surface area contributed by atoms with Crippen LogP contribution in [0.15, 0.2) is 29.2 Å². The Hall–Kier alpha value is -0.410. The highest BCUT2D eigenvalue weighted by Gasteiger charge is 2.08. The third kappa shape index (κ3) is 2.78.